The van der Waals surface area contributed by atoms with E-state index in [2.05, 4.69) is 10.3 Å². The second kappa shape index (κ2) is 5.77. The van der Waals surface area contributed by atoms with E-state index in [1.165, 1.54) is 0 Å². The zero-order valence-corrected chi connectivity index (χ0v) is 12.6. The van der Waals surface area contributed by atoms with Crippen LogP contribution in [0.25, 0.3) is 10.8 Å². The van der Waals surface area contributed by atoms with Crippen LogP contribution in [0.3, 0.4) is 0 Å². The molecule has 1 heterocycles. The van der Waals surface area contributed by atoms with Crippen molar-refractivity contribution >= 4 is 16.6 Å². The lowest BCUT2D eigenvalue weighted by Gasteiger charge is -2.35. The largest absolute Gasteiger partial charge is 0.493 e. The van der Waals surface area contributed by atoms with Crippen LogP contribution < -0.4 is 14.8 Å². The van der Waals surface area contributed by atoms with E-state index in [1.807, 2.05) is 24.4 Å². The third-order valence-electron chi connectivity index (χ3n) is 4.04. The van der Waals surface area contributed by atoms with Gasteiger partial charge in [0.2, 0.25) is 0 Å². The van der Waals surface area contributed by atoms with E-state index >= 15 is 0 Å². The van der Waals surface area contributed by atoms with Crippen molar-refractivity contribution in [3.8, 4) is 11.5 Å². The molecule has 1 aliphatic rings. The van der Waals surface area contributed by atoms with Crippen LogP contribution in [0, 0.1) is 0 Å². The number of nitrogens with zero attached hydrogens (tertiary/aromatic N) is 1. The summed E-state index contributed by atoms with van der Waals surface area (Å²) in [4.78, 5) is 4.46. The highest BCUT2D eigenvalue weighted by Crippen LogP contribution is 2.35. The molecule has 0 aliphatic heterocycles. The molecule has 21 heavy (non-hydrogen) atoms. The number of anilines is 1. The Bertz CT molecular complexity index is 639. The predicted octanol–water partition coefficient (Wildman–Crippen LogP) is 2.84. The molecule has 3 rings (SSSR count). The molecule has 112 valence electrons. The summed E-state index contributed by atoms with van der Waals surface area (Å²) in [6.45, 7) is 0. The summed E-state index contributed by atoms with van der Waals surface area (Å²) >= 11 is 0. The fourth-order valence-electron chi connectivity index (χ4n) is 2.68. The van der Waals surface area contributed by atoms with Gasteiger partial charge in [-0.15, -0.1) is 0 Å². The summed E-state index contributed by atoms with van der Waals surface area (Å²) < 4.78 is 16.0. The molecular weight excluding hydrogens is 268 g/mol. The van der Waals surface area contributed by atoms with Gasteiger partial charge in [-0.2, -0.15) is 0 Å². The Kier molecular flexibility index (Phi) is 3.84. The average molecular weight is 288 g/mol. The first-order valence-electron chi connectivity index (χ1n) is 7.05. The Morgan fingerprint density at radius 2 is 1.81 bits per heavy atom. The van der Waals surface area contributed by atoms with E-state index in [9.17, 15) is 0 Å². The maximum absolute atomic E-state index is 5.38. The summed E-state index contributed by atoms with van der Waals surface area (Å²) in [6, 6.07) is 6.33. The molecule has 1 N–H and O–H groups in total. The van der Waals surface area contributed by atoms with E-state index < -0.39 is 0 Å². The van der Waals surface area contributed by atoms with Crippen molar-refractivity contribution in [1.82, 2.24) is 4.98 Å². The lowest BCUT2D eigenvalue weighted by atomic mass is 9.89. The first kappa shape index (κ1) is 13.9. The van der Waals surface area contributed by atoms with E-state index in [0.29, 0.717) is 17.9 Å². The molecule has 0 atom stereocenters. The molecule has 1 fully saturated rings. The Labute approximate surface area is 124 Å². The molecule has 0 spiro atoms. The zero-order chi connectivity index (χ0) is 14.8. The van der Waals surface area contributed by atoms with Crippen molar-refractivity contribution in [2.45, 2.75) is 25.0 Å². The van der Waals surface area contributed by atoms with Crippen molar-refractivity contribution in [3.63, 3.8) is 0 Å². The second-order valence-corrected chi connectivity index (χ2v) is 5.26. The molecular formula is C16H20N2O3. The number of hydrogen-bond donors (Lipinski definition) is 1. The molecule has 5 heteroatoms. The smallest absolute Gasteiger partial charge is 0.161 e. The SMILES string of the molecule is COc1cc2ccnc(NC3CC(OC)C3)c2cc1OC. The Balaban J connectivity index is 1.92. The Morgan fingerprint density at radius 3 is 2.48 bits per heavy atom. The maximum atomic E-state index is 5.38. The lowest BCUT2D eigenvalue weighted by molar-refractivity contribution is 0.0328. The summed E-state index contributed by atoms with van der Waals surface area (Å²) in [5, 5.41) is 5.60. The second-order valence-electron chi connectivity index (χ2n) is 5.26. The number of nitrogens with one attached hydrogen (secondary N) is 1. The highest BCUT2D eigenvalue weighted by Gasteiger charge is 2.29. The number of aromatic nitrogens is 1. The lowest BCUT2D eigenvalue weighted by Crippen LogP contribution is -2.40. The number of ether oxygens (including phenoxy) is 3. The minimum absolute atomic E-state index is 0.368. The zero-order valence-electron chi connectivity index (χ0n) is 12.6. The van der Waals surface area contributed by atoms with Gasteiger partial charge in [0.25, 0.3) is 0 Å². The molecule has 1 aromatic carbocycles. The number of benzene rings is 1. The van der Waals surface area contributed by atoms with Crippen LogP contribution in [0.2, 0.25) is 0 Å². The van der Waals surface area contributed by atoms with Crippen LogP contribution in [0.15, 0.2) is 24.4 Å². The fourth-order valence-corrected chi connectivity index (χ4v) is 2.68. The average Bonchev–Trinajstić information content (AvgIpc) is 2.48. The molecule has 1 saturated carbocycles. The molecule has 0 unspecified atom stereocenters. The molecule has 0 bridgehead atoms. The Hall–Kier alpha value is -2.01. The van der Waals surface area contributed by atoms with Crippen LogP contribution >= 0.6 is 0 Å². The highest BCUT2D eigenvalue weighted by atomic mass is 16.5. The molecule has 0 radical (unpaired) electrons. The van der Waals surface area contributed by atoms with Crippen LogP contribution in [0.1, 0.15) is 12.8 Å². The van der Waals surface area contributed by atoms with Crippen molar-refractivity contribution in [1.29, 1.82) is 0 Å². The van der Waals surface area contributed by atoms with Crippen LogP contribution in [-0.2, 0) is 4.74 Å². The van der Waals surface area contributed by atoms with E-state index in [0.717, 1.165) is 35.2 Å². The van der Waals surface area contributed by atoms with Gasteiger partial charge in [-0.1, -0.05) is 0 Å². The van der Waals surface area contributed by atoms with Gasteiger partial charge in [0, 0.05) is 24.7 Å². The number of fused-ring (bicyclic) bond motifs is 1. The van der Waals surface area contributed by atoms with Crippen molar-refractivity contribution in [2.75, 3.05) is 26.6 Å². The van der Waals surface area contributed by atoms with Gasteiger partial charge < -0.3 is 19.5 Å². The third-order valence-corrected chi connectivity index (χ3v) is 4.04. The highest BCUT2D eigenvalue weighted by molar-refractivity contribution is 5.94. The van der Waals surface area contributed by atoms with Gasteiger partial charge in [-0.05, 0) is 36.4 Å². The first-order valence-corrected chi connectivity index (χ1v) is 7.05. The van der Waals surface area contributed by atoms with Gasteiger partial charge in [-0.25, -0.2) is 4.98 Å². The quantitative estimate of drug-likeness (QED) is 0.917. The molecule has 0 saturated heterocycles. The number of methoxy groups -OCH3 is 3. The van der Waals surface area contributed by atoms with Crippen LogP contribution in [-0.4, -0.2) is 38.5 Å². The van der Waals surface area contributed by atoms with E-state index in [-0.39, 0.29) is 0 Å². The van der Waals surface area contributed by atoms with Gasteiger partial charge >= 0.3 is 0 Å². The first-order chi connectivity index (χ1) is 10.2. The molecule has 2 aromatic rings. The molecule has 1 aromatic heterocycles. The maximum Gasteiger partial charge on any atom is 0.161 e. The van der Waals surface area contributed by atoms with Crippen LogP contribution in [0.4, 0.5) is 5.82 Å². The van der Waals surface area contributed by atoms with E-state index in [4.69, 9.17) is 14.2 Å². The Morgan fingerprint density at radius 1 is 1.10 bits per heavy atom. The third kappa shape index (κ3) is 2.61. The fraction of sp³-hybridized carbons (Fsp3) is 0.438. The molecule has 5 nitrogen and oxygen atoms in total. The number of pyridine rings is 1. The van der Waals surface area contributed by atoms with Crippen molar-refractivity contribution in [3.05, 3.63) is 24.4 Å². The minimum atomic E-state index is 0.368. The topological polar surface area (TPSA) is 52.6 Å². The molecule has 1 aliphatic carbocycles. The van der Waals surface area contributed by atoms with Gasteiger partial charge in [0.15, 0.2) is 11.5 Å². The van der Waals surface area contributed by atoms with Crippen LogP contribution in [0.5, 0.6) is 11.5 Å². The predicted molar refractivity (Wildman–Crippen MR) is 82.3 cm³/mol. The normalized spacial score (nSPS) is 20.9. The summed E-state index contributed by atoms with van der Waals surface area (Å²) in [5.74, 6) is 2.32. The monoisotopic (exact) mass is 288 g/mol. The summed E-state index contributed by atoms with van der Waals surface area (Å²) in [5.41, 5.74) is 0. The van der Waals surface area contributed by atoms with Gasteiger partial charge in [0.1, 0.15) is 5.82 Å². The minimum Gasteiger partial charge on any atom is -0.493 e. The summed E-state index contributed by atoms with van der Waals surface area (Å²) in [6.07, 6.45) is 4.21. The van der Waals surface area contributed by atoms with E-state index in [1.54, 1.807) is 21.3 Å². The number of rotatable bonds is 5. The number of hydrogen-bond acceptors (Lipinski definition) is 5. The van der Waals surface area contributed by atoms with Gasteiger partial charge in [-0.3, -0.25) is 0 Å². The summed E-state index contributed by atoms with van der Waals surface area (Å²) in [7, 11) is 5.04. The van der Waals surface area contributed by atoms with Gasteiger partial charge in [0.05, 0.1) is 20.3 Å². The van der Waals surface area contributed by atoms with Crippen molar-refractivity contribution < 1.29 is 14.2 Å². The standard InChI is InChI=1S/C16H20N2O3/c1-19-12-7-11(8-12)18-16-13-9-15(21-3)14(20-2)6-10(13)4-5-17-16/h4-6,9,11-12H,7-8H2,1-3H3,(H,17,18). The molecule has 0 amide bonds. The van der Waals surface area contributed by atoms with Crippen molar-refractivity contribution in [2.24, 2.45) is 0 Å².